The van der Waals surface area contributed by atoms with Gasteiger partial charge in [0.1, 0.15) is 29.4 Å². The number of nitrogens with two attached hydrogens (primary N) is 1. The number of imidazole rings is 1. The maximum Gasteiger partial charge on any atom is 0.430 e. The van der Waals surface area contributed by atoms with Gasteiger partial charge in [-0.2, -0.15) is 13.2 Å². The minimum atomic E-state index is -5.19. The number of hydrogen-bond acceptors (Lipinski definition) is 4. The van der Waals surface area contributed by atoms with E-state index in [0.29, 0.717) is 28.3 Å². The number of rotatable bonds is 3. The number of carbonyl (C=O) groups is 1. The minimum Gasteiger partial charge on any atom is -0.542 e. The lowest BCUT2D eigenvalue weighted by Gasteiger charge is -2.09. The van der Waals surface area contributed by atoms with Gasteiger partial charge in [-0.1, -0.05) is 29.3 Å². The molecule has 2 aromatic carbocycles. The first-order chi connectivity index (χ1) is 12.6. The van der Waals surface area contributed by atoms with Crippen LogP contribution in [0.15, 0.2) is 36.4 Å². The fourth-order valence-corrected chi connectivity index (χ4v) is 2.48. The van der Waals surface area contributed by atoms with Crippen LogP contribution < -0.4 is 20.6 Å². The van der Waals surface area contributed by atoms with E-state index in [9.17, 15) is 13.2 Å². The SMILES string of the molecule is Nc1[nH]c2cc(OCc3c(Cl)cccc3Cl)ccc2[nH+]1.O=C([O-])C(F)(F)F. The second-order valence-electron chi connectivity index (χ2n) is 5.15. The van der Waals surface area contributed by atoms with Crippen molar-refractivity contribution in [2.75, 3.05) is 5.73 Å². The van der Waals surface area contributed by atoms with Crippen molar-refractivity contribution < 1.29 is 32.8 Å². The zero-order valence-corrected chi connectivity index (χ0v) is 14.9. The smallest absolute Gasteiger partial charge is 0.430 e. The molecule has 0 unspecified atom stereocenters. The molecule has 0 spiro atoms. The number of benzene rings is 2. The molecule has 0 amide bonds. The van der Waals surface area contributed by atoms with Crippen molar-refractivity contribution in [3.05, 3.63) is 52.0 Å². The van der Waals surface area contributed by atoms with Crippen LogP contribution >= 0.6 is 23.2 Å². The summed E-state index contributed by atoms with van der Waals surface area (Å²) in [4.78, 5) is 14.8. The summed E-state index contributed by atoms with van der Waals surface area (Å²) in [6.07, 6.45) is -5.19. The van der Waals surface area contributed by atoms with Crippen LogP contribution in [0.3, 0.4) is 0 Å². The van der Waals surface area contributed by atoms with E-state index in [4.69, 9.17) is 43.6 Å². The Balaban J connectivity index is 0.000000321. The second kappa shape index (κ2) is 8.36. The van der Waals surface area contributed by atoms with Gasteiger partial charge in [0.25, 0.3) is 0 Å². The third-order valence-electron chi connectivity index (χ3n) is 3.21. The quantitative estimate of drug-likeness (QED) is 0.677. The number of carbonyl (C=O) groups excluding carboxylic acids is 1. The van der Waals surface area contributed by atoms with Crippen LogP contribution in [0.5, 0.6) is 5.75 Å². The summed E-state index contributed by atoms with van der Waals surface area (Å²) in [7, 11) is 0. The van der Waals surface area contributed by atoms with E-state index in [1.165, 1.54) is 0 Å². The molecule has 144 valence electrons. The Kier molecular flexibility index (Phi) is 6.40. The number of H-pyrrole nitrogens is 2. The van der Waals surface area contributed by atoms with E-state index >= 15 is 0 Å². The molecule has 4 N–H and O–H groups in total. The molecule has 0 saturated heterocycles. The molecule has 0 aliphatic heterocycles. The van der Waals surface area contributed by atoms with Crippen LogP contribution in [-0.4, -0.2) is 17.1 Å². The molecule has 0 atom stereocenters. The normalized spacial score (nSPS) is 11.0. The van der Waals surface area contributed by atoms with E-state index in [1.807, 2.05) is 18.2 Å². The average Bonchev–Trinajstić information content (AvgIpc) is 2.93. The number of anilines is 1. The Bertz CT molecular complexity index is 941. The molecular formula is C16H12Cl2F3N3O3. The number of aromatic nitrogens is 2. The molecule has 0 aliphatic rings. The fraction of sp³-hybridized carbons (Fsp3) is 0.125. The van der Waals surface area contributed by atoms with Crippen LogP contribution in [0.1, 0.15) is 5.56 Å². The number of carboxylic acids is 1. The van der Waals surface area contributed by atoms with Crippen LogP contribution in [-0.2, 0) is 11.4 Å². The highest BCUT2D eigenvalue weighted by molar-refractivity contribution is 6.35. The first kappa shape index (κ1) is 20.7. The summed E-state index contributed by atoms with van der Waals surface area (Å²) >= 11 is 12.2. The maximum atomic E-state index is 10.5. The molecular weight excluding hydrogens is 410 g/mol. The van der Waals surface area contributed by atoms with E-state index in [2.05, 4.69) is 9.97 Å². The lowest BCUT2D eigenvalue weighted by molar-refractivity contribution is -0.344. The van der Waals surface area contributed by atoms with E-state index in [0.717, 1.165) is 16.6 Å². The summed E-state index contributed by atoms with van der Waals surface area (Å²) < 4.78 is 37.3. The number of aliphatic carboxylic acids is 1. The van der Waals surface area contributed by atoms with Gasteiger partial charge in [0, 0.05) is 21.7 Å². The van der Waals surface area contributed by atoms with Crippen molar-refractivity contribution in [2.45, 2.75) is 12.8 Å². The first-order valence-corrected chi connectivity index (χ1v) is 7.98. The van der Waals surface area contributed by atoms with Gasteiger partial charge in [0.2, 0.25) is 0 Å². The lowest BCUT2D eigenvalue weighted by atomic mass is 10.2. The molecule has 3 aromatic rings. The van der Waals surface area contributed by atoms with Gasteiger partial charge in [-0.05, 0) is 24.3 Å². The maximum absolute atomic E-state index is 10.5. The van der Waals surface area contributed by atoms with Gasteiger partial charge >= 0.3 is 12.1 Å². The Morgan fingerprint density at radius 3 is 2.37 bits per heavy atom. The molecule has 0 aliphatic carbocycles. The number of ether oxygens (including phenoxy) is 1. The minimum absolute atomic E-state index is 0.309. The molecule has 1 aromatic heterocycles. The number of nitrogen functional groups attached to an aromatic ring is 1. The number of nitrogens with one attached hydrogen (secondary N) is 2. The summed E-state index contributed by atoms with van der Waals surface area (Å²) in [6.45, 7) is 0.309. The Morgan fingerprint density at radius 2 is 1.81 bits per heavy atom. The van der Waals surface area contributed by atoms with Gasteiger partial charge in [-0.3, -0.25) is 5.73 Å². The van der Waals surface area contributed by atoms with Gasteiger partial charge in [-0.25, -0.2) is 9.97 Å². The standard InChI is InChI=1S/C14H11Cl2N3O.C2HF3O2/c15-10-2-1-3-11(16)9(10)7-20-8-4-5-12-13(6-8)19-14(17)18-12;3-2(4,5)1(6)7/h1-6H,7H2,(H3,17,18,19);(H,6,7). The zero-order chi connectivity index (χ0) is 20.2. The van der Waals surface area contributed by atoms with Crippen LogP contribution in [0, 0.1) is 0 Å². The monoisotopic (exact) mass is 421 g/mol. The van der Waals surface area contributed by atoms with Gasteiger partial charge < -0.3 is 14.6 Å². The largest absolute Gasteiger partial charge is 0.542 e. The highest BCUT2D eigenvalue weighted by atomic mass is 35.5. The molecule has 0 bridgehead atoms. The summed E-state index contributed by atoms with van der Waals surface area (Å²) in [5, 5.41) is 9.97. The fourth-order valence-electron chi connectivity index (χ4n) is 1.97. The van der Waals surface area contributed by atoms with Crippen molar-refractivity contribution in [3.8, 4) is 5.75 Å². The Morgan fingerprint density at radius 1 is 1.22 bits per heavy atom. The third-order valence-corrected chi connectivity index (χ3v) is 3.91. The molecule has 27 heavy (non-hydrogen) atoms. The number of fused-ring (bicyclic) bond motifs is 1. The van der Waals surface area contributed by atoms with Crippen LogP contribution in [0.25, 0.3) is 11.0 Å². The summed E-state index contributed by atoms with van der Waals surface area (Å²) in [6, 6.07) is 11.0. The number of carboxylic acid groups (broad SMARTS) is 1. The highest BCUT2D eigenvalue weighted by Crippen LogP contribution is 2.26. The van der Waals surface area contributed by atoms with Crippen molar-refractivity contribution in [2.24, 2.45) is 0 Å². The van der Waals surface area contributed by atoms with Crippen molar-refractivity contribution in [1.29, 1.82) is 0 Å². The van der Waals surface area contributed by atoms with E-state index in [-0.39, 0.29) is 0 Å². The summed E-state index contributed by atoms with van der Waals surface area (Å²) in [5.74, 6) is -1.79. The Hall–Kier alpha value is -2.65. The molecule has 6 nitrogen and oxygen atoms in total. The molecule has 0 radical (unpaired) electrons. The Labute approximate surface area is 160 Å². The third kappa shape index (κ3) is 5.66. The van der Waals surface area contributed by atoms with E-state index in [1.54, 1.807) is 18.2 Å². The lowest BCUT2D eigenvalue weighted by Crippen LogP contribution is -2.37. The number of halogens is 5. The van der Waals surface area contributed by atoms with Crippen LogP contribution in [0.4, 0.5) is 19.1 Å². The molecule has 0 fully saturated rings. The molecule has 1 heterocycles. The second-order valence-corrected chi connectivity index (χ2v) is 5.96. The van der Waals surface area contributed by atoms with Crippen molar-refractivity contribution in [1.82, 2.24) is 4.98 Å². The molecule has 11 heteroatoms. The number of alkyl halides is 3. The van der Waals surface area contributed by atoms with Gasteiger partial charge in [-0.15, -0.1) is 0 Å². The van der Waals surface area contributed by atoms with Crippen LogP contribution in [0.2, 0.25) is 10.0 Å². The average molecular weight is 422 g/mol. The van der Waals surface area contributed by atoms with E-state index < -0.39 is 12.1 Å². The van der Waals surface area contributed by atoms with Crippen molar-refractivity contribution in [3.63, 3.8) is 0 Å². The summed E-state index contributed by atoms with van der Waals surface area (Å²) in [5.41, 5.74) is 8.23. The van der Waals surface area contributed by atoms with Gasteiger partial charge in [0.05, 0.1) is 0 Å². The number of hydrogen-bond donors (Lipinski definition) is 2. The predicted octanol–water partition coefficient (Wildman–Crippen LogP) is 2.75. The zero-order valence-electron chi connectivity index (χ0n) is 13.4. The van der Waals surface area contributed by atoms with Gasteiger partial charge in [0.15, 0.2) is 0 Å². The first-order valence-electron chi connectivity index (χ1n) is 7.22. The molecule has 0 saturated carbocycles. The highest BCUT2D eigenvalue weighted by Gasteiger charge is 2.28. The van der Waals surface area contributed by atoms with Crippen molar-refractivity contribution >= 4 is 46.2 Å². The number of aromatic amines is 2. The topological polar surface area (TPSA) is 105 Å². The molecule has 3 rings (SSSR count). The predicted molar refractivity (Wildman–Crippen MR) is 91.1 cm³/mol.